The molecule has 0 spiro atoms. The van der Waals surface area contributed by atoms with Crippen molar-refractivity contribution in [2.75, 3.05) is 11.5 Å². The highest BCUT2D eigenvalue weighted by Gasteiger charge is 2.51. The van der Waals surface area contributed by atoms with E-state index in [2.05, 4.69) is 9.97 Å². The van der Waals surface area contributed by atoms with Crippen molar-refractivity contribution >= 4 is 24.3 Å². The summed E-state index contributed by atoms with van der Waals surface area (Å²) >= 11 is 1.97. The molecule has 5 nitrogen and oxygen atoms in total. The van der Waals surface area contributed by atoms with Gasteiger partial charge in [0.15, 0.2) is 0 Å². The van der Waals surface area contributed by atoms with Crippen molar-refractivity contribution in [3.05, 3.63) is 12.4 Å². The van der Waals surface area contributed by atoms with E-state index in [9.17, 15) is 0 Å². The van der Waals surface area contributed by atoms with Gasteiger partial charge in [-0.05, 0) is 52.0 Å². The monoisotopic (exact) mass is 322 g/mol. The number of hydrogen-bond acceptors (Lipinski definition) is 6. The largest absolute Gasteiger partial charge is 0.498 e. The summed E-state index contributed by atoms with van der Waals surface area (Å²) in [6.07, 6.45) is 5.84. The highest BCUT2D eigenvalue weighted by molar-refractivity contribution is 7.99. The summed E-state index contributed by atoms with van der Waals surface area (Å²) < 4.78 is 17.8. The third kappa shape index (κ3) is 3.26. The Kier molecular flexibility index (Phi) is 4.40. The Labute approximate surface area is 136 Å². The first-order chi connectivity index (χ1) is 10.4. The summed E-state index contributed by atoms with van der Waals surface area (Å²) in [4.78, 5) is 8.63. The normalized spacial score (nSPS) is 24.5. The summed E-state index contributed by atoms with van der Waals surface area (Å²) in [6.45, 7) is 8.14. The smallest absolute Gasteiger partial charge is 0.460 e. The molecule has 0 unspecified atom stereocenters. The molecule has 2 aliphatic rings. The van der Waals surface area contributed by atoms with Gasteiger partial charge >= 0.3 is 13.1 Å². The fourth-order valence-corrected chi connectivity index (χ4v) is 3.49. The molecular weight excluding hydrogens is 299 g/mol. The average Bonchev–Trinajstić information content (AvgIpc) is 2.69. The van der Waals surface area contributed by atoms with Crippen molar-refractivity contribution in [2.45, 2.75) is 57.8 Å². The lowest BCUT2D eigenvalue weighted by Crippen LogP contribution is -2.41. The molecule has 22 heavy (non-hydrogen) atoms. The van der Waals surface area contributed by atoms with Crippen LogP contribution in [0.1, 0.15) is 40.5 Å². The van der Waals surface area contributed by atoms with Crippen LogP contribution in [-0.2, 0) is 9.31 Å². The third-order valence-corrected chi connectivity index (χ3v) is 5.66. The van der Waals surface area contributed by atoms with Crippen LogP contribution in [0, 0.1) is 0 Å². The molecule has 7 heteroatoms. The number of rotatable bonds is 3. The lowest BCUT2D eigenvalue weighted by molar-refractivity contribution is 0.00578. The zero-order valence-electron chi connectivity index (χ0n) is 13.7. The van der Waals surface area contributed by atoms with Crippen LogP contribution in [0.5, 0.6) is 6.01 Å². The maximum atomic E-state index is 5.99. The van der Waals surface area contributed by atoms with E-state index < -0.39 is 7.12 Å². The van der Waals surface area contributed by atoms with Crippen molar-refractivity contribution in [2.24, 2.45) is 0 Å². The minimum atomic E-state index is -0.426. The van der Waals surface area contributed by atoms with Crippen LogP contribution < -0.4 is 10.2 Å². The number of thioether (sulfide) groups is 1. The zero-order chi connectivity index (χ0) is 15.8. The molecule has 1 aromatic heterocycles. The molecule has 0 bridgehead atoms. The Morgan fingerprint density at radius 2 is 1.64 bits per heavy atom. The Hall–Kier alpha value is -0.785. The maximum Gasteiger partial charge on any atom is 0.498 e. The lowest BCUT2D eigenvalue weighted by atomic mass is 9.81. The minimum absolute atomic E-state index is 0.240. The van der Waals surface area contributed by atoms with Crippen molar-refractivity contribution in [1.82, 2.24) is 9.97 Å². The van der Waals surface area contributed by atoms with Gasteiger partial charge in [-0.1, -0.05) is 0 Å². The molecule has 0 radical (unpaired) electrons. The Morgan fingerprint density at radius 3 is 2.18 bits per heavy atom. The molecule has 0 aromatic carbocycles. The number of hydrogen-bond donors (Lipinski definition) is 0. The summed E-state index contributed by atoms with van der Waals surface area (Å²) in [6, 6.07) is 0.442. The quantitative estimate of drug-likeness (QED) is 0.794. The Bertz CT molecular complexity index is 502. The standard InChI is InChI=1S/C15H23BN2O3S/c1-14(2)15(3,4)21-16(20-14)11-9-17-13(18-10-11)19-12-5-7-22-8-6-12/h9-10,12H,5-8H2,1-4H3. The van der Waals surface area contributed by atoms with Crippen LogP contribution in [-0.4, -0.2) is 45.9 Å². The summed E-state index contributed by atoms with van der Waals surface area (Å²) in [5, 5.41) is 0. The summed E-state index contributed by atoms with van der Waals surface area (Å²) in [5.41, 5.74) is 0.115. The van der Waals surface area contributed by atoms with Gasteiger partial charge in [0.25, 0.3) is 0 Å². The summed E-state index contributed by atoms with van der Waals surface area (Å²) in [7, 11) is -0.426. The molecule has 0 saturated carbocycles. The van der Waals surface area contributed by atoms with Gasteiger partial charge in [0.2, 0.25) is 0 Å². The fraction of sp³-hybridized carbons (Fsp3) is 0.733. The molecule has 0 amide bonds. The molecule has 2 saturated heterocycles. The molecule has 120 valence electrons. The topological polar surface area (TPSA) is 53.5 Å². The van der Waals surface area contributed by atoms with Crippen LogP contribution in [0.2, 0.25) is 0 Å². The molecule has 0 N–H and O–H groups in total. The predicted molar refractivity (Wildman–Crippen MR) is 88.7 cm³/mol. The second-order valence-corrected chi connectivity index (χ2v) is 8.04. The third-order valence-electron chi connectivity index (χ3n) is 4.61. The van der Waals surface area contributed by atoms with Crippen molar-refractivity contribution in [1.29, 1.82) is 0 Å². The van der Waals surface area contributed by atoms with E-state index in [0.717, 1.165) is 29.8 Å². The number of ether oxygens (including phenoxy) is 1. The first kappa shape index (κ1) is 16.1. The van der Waals surface area contributed by atoms with Crippen LogP contribution in [0.4, 0.5) is 0 Å². The molecule has 3 heterocycles. The van der Waals surface area contributed by atoms with Gasteiger partial charge in [0, 0.05) is 17.9 Å². The zero-order valence-corrected chi connectivity index (χ0v) is 14.5. The van der Waals surface area contributed by atoms with E-state index in [-0.39, 0.29) is 17.3 Å². The van der Waals surface area contributed by atoms with Crippen LogP contribution in [0.15, 0.2) is 12.4 Å². The van der Waals surface area contributed by atoms with E-state index in [1.165, 1.54) is 0 Å². The fourth-order valence-electron chi connectivity index (χ4n) is 2.43. The molecule has 2 aliphatic heterocycles. The second kappa shape index (κ2) is 6.02. The first-order valence-corrected chi connectivity index (χ1v) is 8.95. The number of nitrogens with zero attached hydrogens (tertiary/aromatic N) is 2. The van der Waals surface area contributed by atoms with E-state index in [1.807, 2.05) is 39.5 Å². The van der Waals surface area contributed by atoms with E-state index in [0.29, 0.717) is 6.01 Å². The molecular formula is C15H23BN2O3S. The van der Waals surface area contributed by atoms with E-state index in [4.69, 9.17) is 14.0 Å². The van der Waals surface area contributed by atoms with Gasteiger partial charge in [-0.2, -0.15) is 11.8 Å². The predicted octanol–water partition coefficient (Wildman–Crippen LogP) is 2.05. The highest BCUT2D eigenvalue weighted by Crippen LogP contribution is 2.36. The summed E-state index contributed by atoms with van der Waals surface area (Å²) in [5.74, 6) is 2.30. The molecule has 2 fully saturated rings. The van der Waals surface area contributed by atoms with Crippen molar-refractivity contribution < 1.29 is 14.0 Å². The van der Waals surface area contributed by atoms with E-state index >= 15 is 0 Å². The molecule has 0 aliphatic carbocycles. The van der Waals surface area contributed by atoms with E-state index in [1.54, 1.807) is 12.4 Å². The Balaban J connectivity index is 1.65. The van der Waals surface area contributed by atoms with Crippen molar-refractivity contribution in [3.8, 4) is 6.01 Å². The first-order valence-electron chi connectivity index (χ1n) is 7.79. The lowest BCUT2D eigenvalue weighted by Gasteiger charge is -2.32. The number of aromatic nitrogens is 2. The van der Waals surface area contributed by atoms with Gasteiger partial charge in [0.05, 0.1) is 11.2 Å². The Morgan fingerprint density at radius 1 is 1.09 bits per heavy atom. The van der Waals surface area contributed by atoms with Crippen LogP contribution >= 0.6 is 11.8 Å². The van der Waals surface area contributed by atoms with Gasteiger partial charge in [-0.25, -0.2) is 9.97 Å². The molecule has 0 atom stereocenters. The van der Waals surface area contributed by atoms with Gasteiger partial charge < -0.3 is 14.0 Å². The maximum absolute atomic E-state index is 5.99. The van der Waals surface area contributed by atoms with Gasteiger partial charge in [-0.3, -0.25) is 0 Å². The van der Waals surface area contributed by atoms with Gasteiger partial charge in [0.1, 0.15) is 6.10 Å². The minimum Gasteiger partial charge on any atom is -0.460 e. The highest BCUT2D eigenvalue weighted by atomic mass is 32.2. The molecule has 1 aromatic rings. The SMILES string of the molecule is CC1(C)OB(c2cnc(OC3CCSCC3)nc2)OC1(C)C. The molecule has 3 rings (SSSR count). The van der Waals surface area contributed by atoms with Crippen LogP contribution in [0.3, 0.4) is 0 Å². The average molecular weight is 322 g/mol. The van der Waals surface area contributed by atoms with Crippen molar-refractivity contribution in [3.63, 3.8) is 0 Å². The second-order valence-electron chi connectivity index (χ2n) is 6.82. The van der Waals surface area contributed by atoms with Crippen LogP contribution in [0.25, 0.3) is 0 Å². The van der Waals surface area contributed by atoms with Gasteiger partial charge in [-0.15, -0.1) is 0 Å².